The maximum atomic E-state index is 13.0. The molecule has 2 unspecified atom stereocenters. The van der Waals surface area contributed by atoms with E-state index in [2.05, 4.69) is 32.9 Å². The molecule has 11 nitrogen and oxygen atoms in total. The van der Waals surface area contributed by atoms with Crippen molar-refractivity contribution in [3.8, 4) is 0 Å². The van der Waals surface area contributed by atoms with E-state index in [-0.39, 0.29) is 23.6 Å². The molecule has 194 valence electrons. The number of carbonyl (C=O) groups is 1. The van der Waals surface area contributed by atoms with E-state index >= 15 is 0 Å². The second-order valence-electron chi connectivity index (χ2n) is 10.8. The van der Waals surface area contributed by atoms with Gasteiger partial charge in [-0.15, -0.1) is 5.10 Å². The molecule has 1 N–H and O–H groups in total. The molecule has 35 heavy (non-hydrogen) atoms. The standard InChI is InChI=1S/C24H40N8O3/c1-7-19-18(15-26-30(19)6)20(21-27-28-29-32(21)11-12-34-8-2)25-14-17-13-24(9-10-24)16-31(17)22(33)35-23(3,4)5/h15,17,20,25H,7-14,16H2,1-6H3. The molecule has 1 aliphatic heterocycles. The molecule has 2 aliphatic rings. The minimum absolute atomic E-state index is 0.0457. The molecule has 1 saturated heterocycles. The molecule has 11 heteroatoms. The van der Waals surface area contributed by atoms with E-state index in [9.17, 15) is 4.79 Å². The third-order valence-electron chi connectivity index (χ3n) is 6.97. The van der Waals surface area contributed by atoms with Crippen molar-refractivity contribution in [3.63, 3.8) is 0 Å². The van der Waals surface area contributed by atoms with Gasteiger partial charge in [0, 0.05) is 44.0 Å². The number of likely N-dealkylation sites (tertiary alicyclic amines) is 1. The van der Waals surface area contributed by atoms with Crippen LogP contribution in [0.3, 0.4) is 0 Å². The Balaban J connectivity index is 1.57. The third kappa shape index (κ3) is 5.83. The molecule has 1 aliphatic carbocycles. The smallest absolute Gasteiger partial charge is 0.410 e. The zero-order chi connectivity index (χ0) is 25.2. The van der Waals surface area contributed by atoms with E-state index in [0.717, 1.165) is 36.5 Å². The number of nitrogens with zero attached hydrogens (tertiary/aromatic N) is 7. The number of hydrogen-bond donors (Lipinski definition) is 1. The number of aromatic nitrogens is 6. The van der Waals surface area contributed by atoms with Gasteiger partial charge in [-0.2, -0.15) is 5.10 Å². The van der Waals surface area contributed by atoms with E-state index < -0.39 is 5.60 Å². The van der Waals surface area contributed by atoms with Crippen LogP contribution in [-0.2, 0) is 29.5 Å². The number of amides is 1. The maximum Gasteiger partial charge on any atom is 0.410 e. The van der Waals surface area contributed by atoms with Gasteiger partial charge in [0.1, 0.15) is 5.60 Å². The summed E-state index contributed by atoms with van der Waals surface area (Å²) in [6.07, 6.45) is 5.81. The summed E-state index contributed by atoms with van der Waals surface area (Å²) in [6, 6.07) is -0.212. The number of nitrogens with one attached hydrogen (secondary N) is 1. The quantitative estimate of drug-likeness (QED) is 0.508. The predicted octanol–water partition coefficient (Wildman–Crippen LogP) is 2.47. The van der Waals surface area contributed by atoms with Crippen molar-refractivity contribution in [3.05, 3.63) is 23.3 Å². The number of aryl methyl sites for hydroxylation is 1. The van der Waals surface area contributed by atoms with Crippen LogP contribution in [-0.4, -0.2) is 78.9 Å². The molecular formula is C24H40N8O3. The largest absolute Gasteiger partial charge is 0.444 e. The summed E-state index contributed by atoms with van der Waals surface area (Å²) in [7, 11) is 1.95. The van der Waals surface area contributed by atoms with Crippen LogP contribution in [0.2, 0.25) is 0 Å². The third-order valence-corrected chi connectivity index (χ3v) is 6.97. The molecule has 0 aromatic carbocycles. The van der Waals surface area contributed by atoms with Crippen LogP contribution in [0.4, 0.5) is 4.79 Å². The van der Waals surface area contributed by atoms with Crippen LogP contribution in [0.25, 0.3) is 0 Å². The highest BCUT2D eigenvalue weighted by Crippen LogP contribution is 2.55. The lowest BCUT2D eigenvalue weighted by Gasteiger charge is -2.30. The SMILES string of the molecule is CCOCCn1nnnc1C(NCC1CC2(CC2)CN1C(=O)OC(C)(C)C)c1cnn(C)c1CC. The molecule has 1 saturated carbocycles. The fourth-order valence-corrected chi connectivity index (χ4v) is 5.04. The maximum absolute atomic E-state index is 13.0. The first-order valence-electron chi connectivity index (χ1n) is 12.7. The minimum atomic E-state index is -0.523. The summed E-state index contributed by atoms with van der Waals surface area (Å²) in [4.78, 5) is 15.0. The van der Waals surface area contributed by atoms with E-state index in [4.69, 9.17) is 9.47 Å². The van der Waals surface area contributed by atoms with Gasteiger partial charge >= 0.3 is 6.09 Å². The Hall–Kier alpha value is -2.53. The summed E-state index contributed by atoms with van der Waals surface area (Å²) in [5.74, 6) is 0.718. The summed E-state index contributed by atoms with van der Waals surface area (Å²) in [5.41, 5.74) is 1.90. The van der Waals surface area contributed by atoms with Gasteiger partial charge in [0.15, 0.2) is 5.82 Å². The molecule has 0 bridgehead atoms. The van der Waals surface area contributed by atoms with Gasteiger partial charge in [-0.05, 0) is 69.2 Å². The molecule has 2 aromatic heterocycles. The first-order valence-corrected chi connectivity index (χ1v) is 12.7. The van der Waals surface area contributed by atoms with Gasteiger partial charge in [-0.1, -0.05) is 6.92 Å². The van der Waals surface area contributed by atoms with Crippen LogP contribution in [0, 0.1) is 5.41 Å². The zero-order valence-corrected chi connectivity index (χ0v) is 22.0. The Morgan fingerprint density at radius 2 is 2.09 bits per heavy atom. The highest BCUT2D eigenvalue weighted by molar-refractivity contribution is 5.69. The highest BCUT2D eigenvalue weighted by atomic mass is 16.6. The van der Waals surface area contributed by atoms with Gasteiger partial charge in [-0.3, -0.25) is 4.68 Å². The fourth-order valence-electron chi connectivity index (χ4n) is 5.04. The molecule has 2 atom stereocenters. The molecule has 2 fully saturated rings. The number of rotatable bonds is 10. The number of ether oxygens (including phenoxy) is 2. The fraction of sp³-hybridized carbons (Fsp3) is 0.792. The topological polar surface area (TPSA) is 112 Å². The average molecular weight is 489 g/mol. The minimum Gasteiger partial charge on any atom is -0.444 e. The summed E-state index contributed by atoms with van der Waals surface area (Å²) in [5, 5.41) is 20.8. The Morgan fingerprint density at radius 1 is 1.31 bits per heavy atom. The van der Waals surface area contributed by atoms with Crippen LogP contribution < -0.4 is 5.32 Å². The molecule has 1 amide bonds. The van der Waals surface area contributed by atoms with Crippen molar-refractivity contribution in [2.75, 3.05) is 26.3 Å². The lowest BCUT2D eigenvalue weighted by atomic mass is 10.0. The molecule has 4 rings (SSSR count). The zero-order valence-electron chi connectivity index (χ0n) is 22.0. The number of hydrogen-bond acceptors (Lipinski definition) is 8. The van der Waals surface area contributed by atoms with E-state index in [1.54, 1.807) is 4.68 Å². The molecule has 1 spiro atoms. The molecule has 2 aromatic rings. The van der Waals surface area contributed by atoms with Crippen molar-refractivity contribution < 1.29 is 14.3 Å². The number of carbonyl (C=O) groups excluding carboxylic acids is 1. The van der Waals surface area contributed by atoms with Gasteiger partial charge in [0.25, 0.3) is 0 Å². The summed E-state index contributed by atoms with van der Waals surface area (Å²) < 4.78 is 15.0. The Bertz CT molecular complexity index is 1010. The van der Waals surface area contributed by atoms with E-state index in [0.29, 0.717) is 26.3 Å². The Morgan fingerprint density at radius 3 is 2.74 bits per heavy atom. The van der Waals surface area contributed by atoms with Crippen molar-refractivity contribution in [2.45, 2.75) is 84.5 Å². The summed E-state index contributed by atoms with van der Waals surface area (Å²) >= 11 is 0. The van der Waals surface area contributed by atoms with E-state index in [1.165, 1.54) is 12.8 Å². The molecule has 3 heterocycles. The monoisotopic (exact) mass is 488 g/mol. The highest BCUT2D eigenvalue weighted by Gasteiger charge is 2.54. The van der Waals surface area contributed by atoms with Crippen LogP contribution in [0.5, 0.6) is 0 Å². The van der Waals surface area contributed by atoms with Crippen LogP contribution >= 0.6 is 0 Å². The molecular weight excluding hydrogens is 448 g/mol. The Kier molecular flexibility index (Phi) is 7.46. The number of tetrazole rings is 1. The lowest BCUT2D eigenvalue weighted by molar-refractivity contribution is 0.0218. The first kappa shape index (κ1) is 25.6. The molecule has 0 radical (unpaired) electrons. The second kappa shape index (κ2) is 10.2. The van der Waals surface area contributed by atoms with E-state index in [1.807, 2.05) is 50.5 Å². The lowest BCUT2D eigenvalue weighted by Crippen LogP contribution is -2.45. The van der Waals surface area contributed by atoms with Crippen molar-refractivity contribution in [1.82, 2.24) is 40.2 Å². The second-order valence-corrected chi connectivity index (χ2v) is 10.8. The first-order chi connectivity index (χ1) is 16.7. The van der Waals surface area contributed by atoms with Crippen molar-refractivity contribution in [2.24, 2.45) is 12.5 Å². The van der Waals surface area contributed by atoms with Crippen molar-refractivity contribution >= 4 is 6.09 Å². The van der Waals surface area contributed by atoms with Gasteiger partial charge in [0.2, 0.25) is 0 Å². The normalized spacial score (nSPS) is 19.9. The van der Waals surface area contributed by atoms with Gasteiger partial charge < -0.3 is 19.7 Å². The van der Waals surface area contributed by atoms with Gasteiger partial charge in [-0.25, -0.2) is 9.48 Å². The van der Waals surface area contributed by atoms with Crippen molar-refractivity contribution in [1.29, 1.82) is 0 Å². The van der Waals surface area contributed by atoms with Crippen LogP contribution in [0.15, 0.2) is 6.20 Å². The van der Waals surface area contributed by atoms with Gasteiger partial charge in [0.05, 0.1) is 25.4 Å². The Labute approximate surface area is 207 Å². The predicted molar refractivity (Wildman–Crippen MR) is 130 cm³/mol. The van der Waals surface area contributed by atoms with Crippen LogP contribution in [0.1, 0.15) is 77.0 Å². The summed E-state index contributed by atoms with van der Waals surface area (Å²) in [6.45, 7) is 12.9. The average Bonchev–Trinajstić information content (AvgIpc) is 3.10.